The topological polar surface area (TPSA) is 37.1 Å². The summed E-state index contributed by atoms with van der Waals surface area (Å²) in [5.41, 5.74) is 13.4. The Morgan fingerprint density at radius 3 is 2.00 bits per heavy atom. The molecule has 0 bridgehead atoms. The quantitative estimate of drug-likeness (QED) is 0.0886. The lowest BCUT2D eigenvalue weighted by atomic mass is 9.72. The van der Waals surface area contributed by atoms with Gasteiger partial charge in [0.15, 0.2) is 5.84 Å². The predicted molar refractivity (Wildman–Crippen MR) is 247 cm³/mol. The van der Waals surface area contributed by atoms with E-state index < -0.39 is 0 Å². The molecule has 7 aromatic carbocycles. The molecule has 3 heteroatoms. The average molecular weight is 744 g/mol. The summed E-state index contributed by atoms with van der Waals surface area (Å²) in [7, 11) is 0. The first kappa shape index (κ1) is 35.2. The van der Waals surface area contributed by atoms with E-state index in [9.17, 15) is 0 Å². The highest BCUT2D eigenvalue weighted by Crippen LogP contribution is 2.45. The van der Waals surface area contributed by atoms with Crippen LogP contribution in [0.5, 0.6) is 0 Å². The first-order chi connectivity index (χ1) is 28.7. The molecular formula is C55H41N3. The smallest absolute Gasteiger partial charge is 0.159 e. The number of hydrogen-bond donors (Lipinski definition) is 0. The van der Waals surface area contributed by atoms with E-state index in [-0.39, 0.29) is 11.8 Å². The van der Waals surface area contributed by atoms with E-state index in [1.807, 2.05) is 18.6 Å². The molecule has 0 saturated heterocycles. The maximum Gasteiger partial charge on any atom is 0.159 e. The largest absolute Gasteiger partial charge is 0.269 e. The molecule has 0 saturated carbocycles. The lowest BCUT2D eigenvalue weighted by Gasteiger charge is -2.32. The third-order valence-corrected chi connectivity index (χ3v) is 11.6. The second-order valence-corrected chi connectivity index (χ2v) is 15.1. The van der Waals surface area contributed by atoms with E-state index >= 15 is 0 Å². The Labute approximate surface area is 339 Å². The van der Waals surface area contributed by atoms with Crippen LogP contribution in [0.1, 0.15) is 46.6 Å². The van der Waals surface area contributed by atoms with Crippen molar-refractivity contribution in [3.05, 3.63) is 228 Å². The number of rotatable bonds is 7. The lowest BCUT2D eigenvalue weighted by molar-refractivity contribution is 0.659. The van der Waals surface area contributed by atoms with E-state index in [1.54, 1.807) is 0 Å². The van der Waals surface area contributed by atoms with Gasteiger partial charge in [-0.05, 0) is 108 Å². The van der Waals surface area contributed by atoms with Crippen LogP contribution >= 0.6 is 0 Å². The fraction of sp³-hybridized carbons (Fsp3) is 0.0727. The molecule has 2 atom stereocenters. The summed E-state index contributed by atoms with van der Waals surface area (Å²) >= 11 is 0. The van der Waals surface area contributed by atoms with Gasteiger partial charge in [0, 0.05) is 36.0 Å². The normalized spacial score (nSPS) is 17.3. The number of allylic oxidation sites excluding steroid dienone is 6. The Bertz CT molecular complexity index is 2910. The molecule has 1 aliphatic heterocycles. The summed E-state index contributed by atoms with van der Waals surface area (Å²) in [6.07, 6.45) is 18.9. The van der Waals surface area contributed by atoms with Crippen molar-refractivity contribution < 1.29 is 0 Å². The third kappa shape index (κ3) is 6.61. The van der Waals surface area contributed by atoms with Crippen LogP contribution in [-0.4, -0.2) is 18.3 Å². The zero-order chi connectivity index (χ0) is 38.8. The summed E-state index contributed by atoms with van der Waals surface area (Å²) in [6, 6.07) is 54.2. The molecule has 0 fully saturated rings. The van der Waals surface area contributed by atoms with E-state index in [0.29, 0.717) is 11.5 Å². The molecule has 1 heterocycles. The SMILES string of the molecule is C=C(N=C(N=Cc1cccc(C2=CN=CCC2)c1)c1cccc(-c2c3ccccc3c(-c3ccccc3)c3ccccc23)c1)C1=Cc2ccccc2C2C=CC=CC12. The first-order valence-electron chi connectivity index (χ1n) is 20.1. The summed E-state index contributed by atoms with van der Waals surface area (Å²) in [5, 5.41) is 4.85. The molecule has 10 rings (SSSR count). The van der Waals surface area contributed by atoms with E-state index in [4.69, 9.17) is 9.98 Å². The van der Waals surface area contributed by atoms with Gasteiger partial charge in [-0.1, -0.05) is 170 Å². The van der Waals surface area contributed by atoms with Crippen LogP contribution in [0.25, 0.3) is 55.4 Å². The minimum absolute atomic E-state index is 0.136. The fourth-order valence-electron chi connectivity index (χ4n) is 8.89. The highest BCUT2D eigenvalue weighted by atomic mass is 14.9. The fourth-order valence-corrected chi connectivity index (χ4v) is 8.89. The lowest BCUT2D eigenvalue weighted by Crippen LogP contribution is -2.19. The van der Waals surface area contributed by atoms with Gasteiger partial charge in [-0.2, -0.15) is 0 Å². The Morgan fingerprint density at radius 1 is 0.621 bits per heavy atom. The minimum Gasteiger partial charge on any atom is -0.269 e. The zero-order valence-corrected chi connectivity index (χ0v) is 32.2. The summed E-state index contributed by atoms with van der Waals surface area (Å²) in [6.45, 7) is 4.63. The van der Waals surface area contributed by atoms with Gasteiger partial charge < -0.3 is 0 Å². The van der Waals surface area contributed by atoms with Crippen molar-refractivity contribution >= 4 is 51.5 Å². The van der Waals surface area contributed by atoms with Crippen molar-refractivity contribution in [1.82, 2.24) is 0 Å². The molecule has 0 spiro atoms. The average Bonchev–Trinajstić information content (AvgIpc) is 3.30. The van der Waals surface area contributed by atoms with Gasteiger partial charge >= 0.3 is 0 Å². The predicted octanol–water partition coefficient (Wildman–Crippen LogP) is 13.8. The van der Waals surface area contributed by atoms with Gasteiger partial charge in [0.05, 0.1) is 5.70 Å². The minimum atomic E-state index is 0.136. The van der Waals surface area contributed by atoms with E-state index in [2.05, 4.69) is 194 Å². The van der Waals surface area contributed by atoms with Crippen LogP contribution in [0.4, 0.5) is 0 Å². The van der Waals surface area contributed by atoms with Crippen molar-refractivity contribution in [1.29, 1.82) is 0 Å². The highest BCUT2D eigenvalue weighted by molar-refractivity contribution is 6.21. The summed E-state index contributed by atoms with van der Waals surface area (Å²) in [4.78, 5) is 15.0. The molecule has 2 unspecified atom stereocenters. The molecule has 0 N–H and O–H groups in total. The van der Waals surface area contributed by atoms with Crippen LogP contribution < -0.4 is 0 Å². The monoisotopic (exact) mass is 743 g/mol. The van der Waals surface area contributed by atoms with Gasteiger partial charge in [0.1, 0.15) is 0 Å². The second kappa shape index (κ2) is 15.4. The van der Waals surface area contributed by atoms with Crippen molar-refractivity contribution in [2.45, 2.75) is 18.8 Å². The third-order valence-electron chi connectivity index (χ3n) is 11.6. The molecule has 0 radical (unpaired) electrons. The molecule has 58 heavy (non-hydrogen) atoms. The summed E-state index contributed by atoms with van der Waals surface area (Å²) in [5.74, 6) is 0.974. The van der Waals surface area contributed by atoms with Crippen molar-refractivity contribution in [3.63, 3.8) is 0 Å². The number of aliphatic imine (C=N–C) groups is 3. The van der Waals surface area contributed by atoms with Crippen LogP contribution in [0.15, 0.2) is 215 Å². The first-order valence-corrected chi connectivity index (χ1v) is 20.1. The van der Waals surface area contributed by atoms with Crippen LogP contribution in [0, 0.1) is 5.92 Å². The number of benzene rings is 7. The Kier molecular flexibility index (Phi) is 9.33. The van der Waals surface area contributed by atoms with Crippen molar-refractivity contribution in [2.24, 2.45) is 20.9 Å². The number of fused-ring (bicyclic) bond motifs is 5. The Morgan fingerprint density at radius 2 is 1.26 bits per heavy atom. The Balaban J connectivity index is 1.13. The number of hydrogen-bond acceptors (Lipinski definition) is 2. The standard InChI is InChI=1S/C55H41N3/c1-37(52-34-41-19-5-6-24-45(41)46-25-7-8-26-47(46)52)58-55(57-35-38-16-13-20-40(32-38)44-23-15-31-56-36-44)43-22-14-21-42(33-43)54-50-29-11-9-27-48(50)53(39-17-3-2-4-18-39)49-28-10-12-30-51(49)54/h2-14,16-22,24-36,46-47H,1,15,23H2. The maximum atomic E-state index is 5.34. The molecule has 276 valence electrons. The maximum absolute atomic E-state index is 5.34. The van der Waals surface area contributed by atoms with Gasteiger partial charge in [-0.25, -0.2) is 9.98 Å². The summed E-state index contributed by atoms with van der Waals surface area (Å²) < 4.78 is 0. The Hall–Kier alpha value is -7.23. The molecule has 7 aromatic rings. The molecule has 0 amide bonds. The van der Waals surface area contributed by atoms with E-state index in [0.717, 1.165) is 40.7 Å². The zero-order valence-electron chi connectivity index (χ0n) is 32.2. The highest BCUT2D eigenvalue weighted by Gasteiger charge is 2.30. The van der Waals surface area contributed by atoms with Crippen molar-refractivity contribution in [3.8, 4) is 22.3 Å². The van der Waals surface area contributed by atoms with Crippen LogP contribution in [0.2, 0.25) is 0 Å². The number of nitrogens with zero attached hydrogens (tertiary/aromatic N) is 3. The van der Waals surface area contributed by atoms with Crippen molar-refractivity contribution in [2.75, 3.05) is 0 Å². The second-order valence-electron chi connectivity index (χ2n) is 15.1. The van der Waals surface area contributed by atoms with Gasteiger partial charge in [0.2, 0.25) is 0 Å². The molecule has 2 aliphatic carbocycles. The van der Waals surface area contributed by atoms with Gasteiger partial charge in [-0.3, -0.25) is 4.99 Å². The van der Waals surface area contributed by atoms with Crippen LogP contribution in [0.3, 0.4) is 0 Å². The molecular weight excluding hydrogens is 703 g/mol. The van der Waals surface area contributed by atoms with Crippen LogP contribution in [-0.2, 0) is 0 Å². The molecule has 3 nitrogen and oxygen atoms in total. The number of amidine groups is 1. The van der Waals surface area contributed by atoms with Gasteiger partial charge in [0.25, 0.3) is 0 Å². The molecule has 0 aromatic heterocycles. The van der Waals surface area contributed by atoms with E-state index in [1.165, 1.54) is 54.9 Å². The molecule has 3 aliphatic rings. The van der Waals surface area contributed by atoms with Gasteiger partial charge in [-0.15, -0.1) is 0 Å².